The first kappa shape index (κ1) is 22.8. The van der Waals surface area contributed by atoms with Gasteiger partial charge in [0.25, 0.3) is 5.69 Å². The van der Waals surface area contributed by atoms with Crippen LogP contribution in [0.1, 0.15) is 39.3 Å². The highest BCUT2D eigenvalue weighted by Crippen LogP contribution is 2.37. The molecule has 6 nitrogen and oxygen atoms in total. The minimum Gasteiger partial charge on any atom is -0.364 e. The van der Waals surface area contributed by atoms with Gasteiger partial charge in [0.05, 0.1) is 4.92 Å². The van der Waals surface area contributed by atoms with E-state index in [4.69, 9.17) is 11.4 Å². The lowest BCUT2D eigenvalue weighted by atomic mass is 9.95. The van der Waals surface area contributed by atoms with E-state index in [-0.39, 0.29) is 10.6 Å². The molecule has 4 rings (SSSR count). The van der Waals surface area contributed by atoms with Gasteiger partial charge < -0.3 is 4.90 Å². The molecule has 168 valence electrons. The average Bonchev–Trinajstić information content (AvgIpc) is 2.82. The number of thioether (sulfide) groups is 1. The van der Waals surface area contributed by atoms with Crippen LogP contribution in [0, 0.1) is 36.3 Å². The zero-order chi connectivity index (χ0) is 23.4. The molecular weight excluding hydrogens is 432 g/mol. The highest BCUT2D eigenvalue weighted by molar-refractivity contribution is 7.99. The number of hydrogen-bond donors (Lipinski definition) is 0. The maximum Gasteiger partial charge on any atom is 0.295 e. The van der Waals surface area contributed by atoms with Crippen LogP contribution in [-0.4, -0.2) is 39.5 Å². The molecule has 2 aromatic carbocycles. The first-order chi connectivity index (χ1) is 16.0. The fraction of sp³-hybridized carbons (Fsp3) is 0.308. The summed E-state index contributed by atoms with van der Waals surface area (Å²) in [5, 5.41) is 12.0. The molecule has 0 radical (unpaired) electrons. The van der Waals surface area contributed by atoms with Crippen LogP contribution in [0.4, 0.5) is 11.4 Å². The molecule has 1 aliphatic rings. The Bertz CT molecular complexity index is 1210. The average molecular weight is 459 g/mol. The summed E-state index contributed by atoms with van der Waals surface area (Å²) >= 11 is 1.89. The number of benzene rings is 2. The molecule has 33 heavy (non-hydrogen) atoms. The van der Waals surface area contributed by atoms with Crippen LogP contribution in [-0.2, 0) is 12.8 Å². The summed E-state index contributed by atoms with van der Waals surface area (Å²) < 4.78 is 0. The molecule has 7 heteroatoms. The van der Waals surface area contributed by atoms with Crippen LogP contribution >= 0.6 is 11.8 Å². The van der Waals surface area contributed by atoms with E-state index in [1.54, 1.807) is 6.20 Å². The van der Waals surface area contributed by atoms with Crippen molar-refractivity contribution >= 4 is 23.1 Å². The molecule has 0 N–H and O–H groups in total. The summed E-state index contributed by atoms with van der Waals surface area (Å²) in [5.74, 6) is 5.32. The first-order valence-corrected chi connectivity index (χ1v) is 12.1. The first-order valence-electron chi connectivity index (χ1n) is 10.9. The van der Waals surface area contributed by atoms with Gasteiger partial charge in [0.15, 0.2) is 0 Å². The van der Waals surface area contributed by atoms with E-state index in [2.05, 4.69) is 15.8 Å². The van der Waals surface area contributed by atoms with E-state index >= 15 is 0 Å². The summed E-state index contributed by atoms with van der Waals surface area (Å²) in [6.45, 7) is 5.56. The predicted octanol–water partition coefficient (Wildman–Crippen LogP) is 4.72. The Morgan fingerprint density at radius 2 is 1.88 bits per heavy atom. The third kappa shape index (κ3) is 5.18. The summed E-state index contributed by atoms with van der Waals surface area (Å²) in [6.07, 6.45) is 8.31. The van der Waals surface area contributed by atoms with Crippen molar-refractivity contribution in [3.8, 4) is 12.3 Å². The molecule has 1 aliphatic heterocycles. The third-order valence-corrected chi connectivity index (χ3v) is 6.96. The van der Waals surface area contributed by atoms with Gasteiger partial charge in [-0.3, -0.25) is 10.1 Å². The van der Waals surface area contributed by atoms with Crippen molar-refractivity contribution in [3.63, 3.8) is 0 Å². The molecule has 1 saturated heterocycles. The van der Waals surface area contributed by atoms with E-state index in [9.17, 15) is 10.1 Å². The van der Waals surface area contributed by atoms with Crippen LogP contribution in [0.25, 0.3) is 0 Å². The molecule has 0 bridgehead atoms. The van der Waals surface area contributed by atoms with E-state index in [0.717, 1.165) is 63.8 Å². The zero-order valence-electron chi connectivity index (χ0n) is 18.9. The van der Waals surface area contributed by atoms with Gasteiger partial charge in [-0.15, -0.1) is 6.42 Å². The third-order valence-electron chi connectivity index (χ3n) is 6.02. The largest absolute Gasteiger partial charge is 0.364 e. The Balaban J connectivity index is 1.62. The molecule has 0 aliphatic carbocycles. The Hall–Kier alpha value is -3.37. The lowest BCUT2D eigenvalue weighted by molar-refractivity contribution is -0.384. The maximum atomic E-state index is 12.0. The van der Waals surface area contributed by atoms with Crippen LogP contribution < -0.4 is 4.90 Å². The summed E-state index contributed by atoms with van der Waals surface area (Å²) in [4.78, 5) is 23.1. The Kier molecular flexibility index (Phi) is 6.95. The second kappa shape index (κ2) is 10.1. The van der Waals surface area contributed by atoms with Crippen molar-refractivity contribution in [2.45, 2.75) is 26.7 Å². The molecule has 2 heterocycles. The molecule has 0 amide bonds. The van der Waals surface area contributed by atoms with Crippen molar-refractivity contribution in [2.24, 2.45) is 0 Å². The van der Waals surface area contributed by atoms with Crippen molar-refractivity contribution in [3.05, 3.63) is 92.0 Å². The molecule has 0 spiro atoms. The number of terminal acetylenes is 1. The fourth-order valence-corrected chi connectivity index (χ4v) is 5.15. The van der Waals surface area contributed by atoms with Gasteiger partial charge in [0.2, 0.25) is 0 Å². The molecule has 1 fully saturated rings. The minimum absolute atomic E-state index is 0.213. The van der Waals surface area contributed by atoms with Gasteiger partial charge in [-0.2, -0.15) is 11.8 Å². The van der Waals surface area contributed by atoms with Crippen molar-refractivity contribution in [1.82, 2.24) is 9.97 Å². The van der Waals surface area contributed by atoms with Crippen molar-refractivity contribution in [2.75, 3.05) is 29.5 Å². The molecule has 0 atom stereocenters. The monoisotopic (exact) mass is 458 g/mol. The Morgan fingerprint density at radius 3 is 2.55 bits per heavy atom. The lowest BCUT2D eigenvalue weighted by Gasteiger charge is -2.29. The summed E-state index contributed by atoms with van der Waals surface area (Å²) in [5.41, 5.74) is 6.45. The van der Waals surface area contributed by atoms with Gasteiger partial charge in [-0.25, -0.2) is 9.97 Å². The number of aryl methyl sites for hydroxylation is 1. The van der Waals surface area contributed by atoms with Gasteiger partial charge in [-0.1, -0.05) is 18.1 Å². The van der Waals surface area contributed by atoms with E-state index < -0.39 is 0 Å². The van der Waals surface area contributed by atoms with Gasteiger partial charge >= 0.3 is 0 Å². The SMILES string of the molecule is C#Cc1ccc(Cc2nccc(Cc3c(C)cc(N4CCSCC4)c([N+](=O)[O-])c3C)n2)cc1. The summed E-state index contributed by atoms with van der Waals surface area (Å²) in [7, 11) is 0. The smallest absolute Gasteiger partial charge is 0.295 e. The van der Waals surface area contributed by atoms with Crippen LogP contribution in [0.2, 0.25) is 0 Å². The van der Waals surface area contributed by atoms with E-state index in [1.165, 1.54) is 0 Å². The molecular formula is C26H26N4O2S. The maximum absolute atomic E-state index is 12.0. The van der Waals surface area contributed by atoms with Crippen LogP contribution in [0.15, 0.2) is 42.6 Å². The Morgan fingerprint density at radius 1 is 1.15 bits per heavy atom. The number of nitrogens with zero attached hydrogens (tertiary/aromatic N) is 4. The van der Waals surface area contributed by atoms with Gasteiger partial charge in [-0.05, 0) is 54.8 Å². The normalized spacial score (nSPS) is 13.5. The number of nitro groups is 1. The Labute approximate surface area is 198 Å². The standard InChI is InChI=1S/C26H26N4O2S/c1-4-20-5-7-21(8-6-20)16-25-27-10-9-22(28-25)17-23-18(2)15-24(26(19(23)3)30(31)32)29-11-13-33-14-12-29/h1,5-10,15H,11-14,16-17H2,2-3H3. The number of nitro benzene ring substituents is 1. The second-order valence-electron chi connectivity index (χ2n) is 8.18. The summed E-state index contributed by atoms with van der Waals surface area (Å²) in [6, 6.07) is 11.7. The number of aromatic nitrogens is 2. The fourth-order valence-electron chi connectivity index (χ4n) is 4.25. The van der Waals surface area contributed by atoms with Crippen molar-refractivity contribution in [1.29, 1.82) is 0 Å². The predicted molar refractivity (Wildman–Crippen MR) is 134 cm³/mol. The van der Waals surface area contributed by atoms with Crippen molar-refractivity contribution < 1.29 is 4.92 Å². The number of rotatable bonds is 6. The highest BCUT2D eigenvalue weighted by Gasteiger charge is 2.27. The van der Waals surface area contributed by atoms with Gasteiger partial charge in [0, 0.05) is 60.5 Å². The van der Waals surface area contributed by atoms with Crippen LogP contribution in [0.3, 0.4) is 0 Å². The van der Waals surface area contributed by atoms with Gasteiger partial charge in [0.1, 0.15) is 11.5 Å². The second-order valence-corrected chi connectivity index (χ2v) is 9.41. The molecule has 1 aromatic heterocycles. The van der Waals surface area contributed by atoms with E-state index in [1.807, 2.05) is 62.0 Å². The molecule has 0 unspecified atom stereocenters. The van der Waals surface area contributed by atoms with E-state index in [0.29, 0.717) is 18.7 Å². The zero-order valence-corrected chi connectivity index (χ0v) is 19.7. The molecule has 3 aromatic rings. The quantitative estimate of drug-likeness (QED) is 0.302. The number of hydrogen-bond acceptors (Lipinski definition) is 6. The highest BCUT2D eigenvalue weighted by atomic mass is 32.2. The lowest BCUT2D eigenvalue weighted by Crippen LogP contribution is -2.33. The minimum atomic E-state index is -0.235. The number of anilines is 1. The van der Waals surface area contributed by atoms with Crippen LogP contribution in [0.5, 0.6) is 0 Å². The topological polar surface area (TPSA) is 72.2 Å². The molecule has 0 saturated carbocycles.